The molecule has 2 aromatic carbocycles. The van der Waals surface area contributed by atoms with E-state index in [1.807, 2.05) is 32.0 Å². The highest BCUT2D eigenvalue weighted by molar-refractivity contribution is 6.30. The predicted molar refractivity (Wildman–Crippen MR) is 102 cm³/mol. The van der Waals surface area contributed by atoms with Crippen LogP contribution in [0.2, 0.25) is 5.02 Å². The third-order valence-corrected chi connectivity index (χ3v) is 4.06. The third-order valence-electron chi connectivity index (χ3n) is 3.83. The molecule has 138 valence electrons. The minimum atomic E-state index is -0.332. The van der Waals surface area contributed by atoms with Crippen molar-refractivity contribution < 1.29 is 14.3 Å². The molecule has 5 nitrogen and oxygen atoms in total. The summed E-state index contributed by atoms with van der Waals surface area (Å²) in [5.41, 5.74) is 1.36. The number of hydrogen-bond acceptors (Lipinski definition) is 3. The summed E-state index contributed by atoms with van der Waals surface area (Å²) in [5, 5.41) is 3.30. The Kier molecular flexibility index (Phi) is 7.48. The first-order chi connectivity index (χ1) is 12.5. The summed E-state index contributed by atoms with van der Waals surface area (Å²) in [6.45, 7) is 5.13. The second kappa shape index (κ2) is 9.82. The molecule has 0 aliphatic heterocycles. The summed E-state index contributed by atoms with van der Waals surface area (Å²) in [6.07, 6.45) is 0. The Bertz CT molecular complexity index is 764. The molecule has 0 bridgehead atoms. The van der Waals surface area contributed by atoms with E-state index < -0.39 is 0 Å². The molecule has 2 rings (SSSR count). The van der Waals surface area contributed by atoms with Gasteiger partial charge in [0.1, 0.15) is 5.75 Å². The number of halogens is 1. The van der Waals surface area contributed by atoms with E-state index in [2.05, 4.69) is 5.32 Å². The van der Waals surface area contributed by atoms with Gasteiger partial charge in [-0.3, -0.25) is 9.59 Å². The minimum Gasteiger partial charge on any atom is -0.493 e. The molecule has 0 aliphatic carbocycles. The molecular weight excluding hydrogens is 352 g/mol. The van der Waals surface area contributed by atoms with E-state index in [9.17, 15) is 9.59 Å². The first kappa shape index (κ1) is 19.8. The second-order valence-corrected chi connectivity index (χ2v) is 6.09. The van der Waals surface area contributed by atoms with Crippen LogP contribution in [0.3, 0.4) is 0 Å². The number of likely N-dealkylation sites (N-methyl/N-ethyl adjacent to an activating group) is 1. The molecule has 0 aliphatic rings. The van der Waals surface area contributed by atoms with E-state index in [0.29, 0.717) is 36.0 Å². The maximum atomic E-state index is 12.5. The van der Waals surface area contributed by atoms with Gasteiger partial charge in [0.15, 0.2) is 0 Å². The maximum absolute atomic E-state index is 12.5. The largest absolute Gasteiger partial charge is 0.493 e. The highest BCUT2D eigenvalue weighted by Crippen LogP contribution is 2.17. The fourth-order valence-corrected chi connectivity index (χ4v) is 2.74. The number of amides is 2. The van der Waals surface area contributed by atoms with Gasteiger partial charge in [0, 0.05) is 18.1 Å². The Labute approximate surface area is 158 Å². The Balaban J connectivity index is 1.97. The Morgan fingerprint density at radius 3 is 2.58 bits per heavy atom. The second-order valence-electron chi connectivity index (χ2n) is 5.65. The van der Waals surface area contributed by atoms with E-state index in [1.54, 1.807) is 35.2 Å². The van der Waals surface area contributed by atoms with Crippen molar-refractivity contribution in [3.05, 3.63) is 64.7 Å². The van der Waals surface area contributed by atoms with Crippen LogP contribution in [-0.4, -0.2) is 36.4 Å². The summed E-state index contributed by atoms with van der Waals surface area (Å²) >= 11 is 5.99. The Morgan fingerprint density at radius 2 is 1.88 bits per heavy atom. The quantitative estimate of drug-likeness (QED) is 0.769. The Hall–Kier alpha value is -2.53. The molecule has 0 atom stereocenters. The van der Waals surface area contributed by atoms with Gasteiger partial charge in [-0.25, -0.2) is 0 Å². The minimum absolute atomic E-state index is 0.0757. The molecule has 0 saturated carbocycles. The SMILES string of the molecule is CCOc1ccccc1C(=O)NCC(=O)N(CC)Cc1cccc(Cl)c1. The van der Waals surface area contributed by atoms with Gasteiger partial charge in [0.25, 0.3) is 5.91 Å². The lowest BCUT2D eigenvalue weighted by Crippen LogP contribution is -2.39. The number of carbonyl (C=O) groups excluding carboxylic acids is 2. The maximum Gasteiger partial charge on any atom is 0.255 e. The molecule has 0 fully saturated rings. The van der Waals surface area contributed by atoms with Crippen LogP contribution in [-0.2, 0) is 11.3 Å². The summed E-state index contributed by atoms with van der Waals surface area (Å²) in [4.78, 5) is 26.5. The Morgan fingerprint density at radius 1 is 1.12 bits per heavy atom. The normalized spacial score (nSPS) is 10.3. The van der Waals surface area contributed by atoms with E-state index >= 15 is 0 Å². The van der Waals surface area contributed by atoms with Gasteiger partial charge in [0.2, 0.25) is 5.91 Å². The summed E-state index contributed by atoms with van der Waals surface area (Å²) in [5.74, 6) is 0.0159. The van der Waals surface area contributed by atoms with Gasteiger partial charge in [-0.15, -0.1) is 0 Å². The monoisotopic (exact) mass is 374 g/mol. The van der Waals surface area contributed by atoms with Crippen LogP contribution in [0.1, 0.15) is 29.8 Å². The van der Waals surface area contributed by atoms with Crippen molar-refractivity contribution in [2.24, 2.45) is 0 Å². The lowest BCUT2D eigenvalue weighted by Gasteiger charge is -2.21. The highest BCUT2D eigenvalue weighted by Gasteiger charge is 2.16. The molecule has 26 heavy (non-hydrogen) atoms. The van der Waals surface area contributed by atoms with Crippen LogP contribution in [0.25, 0.3) is 0 Å². The number of carbonyl (C=O) groups is 2. The molecule has 0 saturated heterocycles. The zero-order chi connectivity index (χ0) is 18.9. The van der Waals surface area contributed by atoms with Gasteiger partial charge < -0.3 is 15.0 Å². The number of benzene rings is 2. The molecule has 0 unspecified atom stereocenters. The topological polar surface area (TPSA) is 58.6 Å². The molecule has 0 heterocycles. The van der Waals surface area contributed by atoms with E-state index in [1.165, 1.54) is 0 Å². The number of para-hydroxylation sites is 1. The van der Waals surface area contributed by atoms with Gasteiger partial charge in [0.05, 0.1) is 18.7 Å². The number of nitrogens with zero attached hydrogens (tertiary/aromatic N) is 1. The molecular formula is C20H23ClN2O3. The third kappa shape index (κ3) is 5.49. The zero-order valence-electron chi connectivity index (χ0n) is 15.0. The van der Waals surface area contributed by atoms with Crippen molar-refractivity contribution in [2.45, 2.75) is 20.4 Å². The molecule has 1 N–H and O–H groups in total. The van der Waals surface area contributed by atoms with Crippen LogP contribution in [0.4, 0.5) is 0 Å². The number of nitrogens with one attached hydrogen (secondary N) is 1. The zero-order valence-corrected chi connectivity index (χ0v) is 15.8. The average molecular weight is 375 g/mol. The van der Waals surface area contributed by atoms with Crippen molar-refractivity contribution in [3.8, 4) is 5.75 Å². The smallest absolute Gasteiger partial charge is 0.255 e. The fourth-order valence-electron chi connectivity index (χ4n) is 2.53. The van der Waals surface area contributed by atoms with E-state index in [-0.39, 0.29) is 18.4 Å². The van der Waals surface area contributed by atoms with Crippen molar-refractivity contribution in [1.82, 2.24) is 10.2 Å². The van der Waals surface area contributed by atoms with Gasteiger partial charge >= 0.3 is 0 Å². The number of ether oxygens (including phenoxy) is 1. The summed E-state index contributed by atoms with van der Waals surface area (Å²) in [7, 11) is 0. The van der Waals surface area contributed by atoms with E-state index in [0.717, 1.165) is 5.56 Å². The van der Waals surface area contributed by atoms with Crippen LogP contribution in [0.15, 0.2) is 48.5 Å². The number of rotatable bonds is 8. The molecule has 0 radical (unpaired) electrons. The van der Waals surface area contributed by atoms with Gasteiger partial charge in [-0.1, -0.05) is 35.9 Å². The van der Waals surface area contributed by atoms with Crippen LogP contribution >= 0.6 is 11.6 Å². The standard InChI is InChI=1S/C20H23ClN2O3/c1-3-23(14-15-8-7-9-16(21)12-15)19(24)13-22-20(25)17-10-5-6-11-18(17)26-4-2/h5-12H,3-4,13-14H2,1-2H3,(H,22,25). The van der Waals surface area contributed by atoms with E-state index in [4.69, 9.17) is 16.3 Å². The van der Waals surface area contributed by atoms with Crippen molar-refractivity contribution in [2.75, 3.05) is 19.7 Å². The van der Waals surface area contributed by atoms with Crippen molar-refractivity contribution in [1.29, 1.82) is 0 Å². The molecule has 0 spiro atoms. The lowest BCUT2D eigenvalue weighted by molar-refractivity contribution is -0.130. The van der Waals surface area contributed by atoms with Crippen molar-refractivity contribution >= 4 is 23.4 Å². The molecule has 6 heteroatoms. The molecule has 2 amide bonds. The first-order valence-corrected chi connectivity index (χ1v) is 8.95. The van der Waals surface area contributed by atoms with Gasteiger partial charge in [-0.05, 0) is 43.7 Å². The van der Waals surface area contributed by atoms with Crippen LogP contribution in [0, 0.1) is 0 Å². The first-order valence-electron chi connectivity index (χ1n) is 8.57. The molecule has 2 aromatic rings. The number of hydrogen-bond donors (Lipinski definition) is 1. The highest BCUT2D eigenvalue weighted by atomic mass is 35.5. The predicted octanol–water partition coefficient (Wildman–Crippen LogP) is 3.52. The van der Waals surface area contributed by atoms with Crippen molar-refractivity contribution in [3.63, 3.8) is 0 Å². The fraction of sp³-hybridized carbons (Fsp3) is 0.300. The molecule has 0 aromatic heterocycles. The lowest BCUT2D eigenvalue weighted by atomic mass is 10.2. The summed E-state index contributed by atoms with van der Waals surface area (Å²) < 4.78 is 5.46. The summed E-state index contributed by atoms with van der Waals surface area (Å²) in [6, 6.07) is 14.4. The van der Waals surface area contributed by atoms with Crippen LogP contribution in [0.5, 0.6) is 5.75 Å². The van der Waals surface area contributed by atoms with Gasteiger partial charge in [-0.2, -0.15) is 0 Å². The van der Waals surface area contributed by atoms with Crippen LogP contribution < -0.4 is 10.1 Å². The average Bonchev–Trinajstić information content (AvgIpc) is 2.64.